The molecule has 2 N–H and O–H groups in total. The Bertz CT molecular complexity index is 332. The van der Waals surface area contributed by atoms with Crippen LogP contribution < -0.4 is 5.32 Å². The quantitative estimate of drug-likeness (QED) is 0.874. The fourth-order valence-corrected chi connectivity index (χ4v) is 3.13. The lowest BCUT2D eigenvalue weighted by atomic mass is 9.87. The third-order valence-corrected chi connectivity index (χ3v) is 4.10. The van der Waals surface area contributed by atoms with Gasteiger partial charge >= 0.3 is 0 Å². The Labute approximate surface area is 105 Å². The average molecular weight is 261 g/mol. The summed E-state index contributed by atoms with van der Waals surface area (Å²) >= 11 is 7.32. The molecule has 2 rings (SSSR count). The molecular weight excluding hydrogens is 244 g/mol. The van der Waals surface area contributed by atoms with Gasteiger partial charge in [-0.05, 0) is 31.7 Å². The molecule has 0 bridgehead atoms. The fraction of sp³-hybridized carbons (Fsp3) is 0.727. The van der Waals surface area contributed by atoms with Crippen molar-refractivity contribution in [2.75, 3.05) is 6.54 Å². The van der Waals surface area contributed by atoms with Crippen molar-refractivity contribution in [3.63, 3.8) is 0 Å². The first-order chi connectivity index (χ1) is 7.74. The van der Waals surface area contributed by atoms with E-state index in [9.17, 15) is 5.11 Å². The summed E-state index contributed by atoms with van der Waals surface area (Å²) in [5.74, 6) is 0.610. The van der Waals surface area contributed by atoms with E-state index in [0.717, 1.165) is 41.7 Å². The van der Waals surface area contributed by atoms with E-state index >= 15 is 0 Å². The standard InChI is InChI=1S/C11H17ClN2OS/c12-10-6-14-11(16-10)7-13-5-8-2-1-3-9(15)4-8/h6,8-9,13,15H,1-5,7H2. The van der Waals surface area contributed by atoms with E-state index < -0.39 is 0 Å². The highest BCUT2D eigenvalue weighted by Gasteiger charge is 2.19. The molecule has 1 saturated carbocycles. The van der Waals surface area contributed by atoms with Crippen LogP contribution in [0.3, 0.4) is 0 Å². The van der Waals surface area contributed by atoms with Crippen LogP contribution in [0.5, 0.6) is 0 Å². The van der Waals surface area contributed by atoms with Crippen LogP contribution in [0, 0.1) is 5.92 Å². The molecule has 1 fully saturated rings. The van der Waals surface area contributed by atoms with Gasteiger partial charge in [0.15, 0.2) is 0 Å². The molecule has 1 aromatic heterocycles. The maximum absolute atomic E-state index is 9.54. The number of hydrogen-bond acceptors (Lipinski definition) is 4. The zero-order valence-corrected chi connectivity index (χ0v) is 10.7. The Hall–Kier alpha value is -0.160. The van der Waals surface area contributed by atoms with Crippen LogP contribution in [-0.2, 0) is 6.54 Å². The van der Waals surface area contributed by atoms with Crippen molar-refractivity contribution in [3.05, 3.63) is 15.5 Å². The molecule has 0 radical (unpaired) electrons. The third kappa shape index (κ3) is 3.70. The van der Waals surface area contributed by atoms with Crippen molar-refractivity contribution in [2.45, 2.75) is 38.3 Å². The Morgan fingerprint density at radius 2 is 2.44 bits per heavy atom. The number of aromatic nitrogens is 1. The summed E-state index contributed by atoms with van der Waals surface area (Å²) in [6, 6.07) is 0. The topological polar surface area (TPSA) is 45.1 Å². The van der Waals surface area contributed by atoms with Gasteiger partial charge in [-0.15, -0.1) is 11.3 Å². The highest BCUT2D eigenvalue weighted by Crippen LogP contribution is 2.23. The molecule has 0 aliphatic heterocycles. The average Bonchev–Trinajstić information content (AvgIpc) is 2.64. The predicted octanol–water partition coefficient (Wildman–Crippen LogP) is 2.44. The summed E-state index contributed by atoms with van der Waals surface area (Å²) in [5.41, 5.74) is 0. The summed E-state index contributed by atoms with van der Waals surface area (Å²) in [7, 11) is 0. The number of rotatable bonds is 4. The number of halogens is 1. The third-order valence-electron chi connectivity index (χ3n) is 2.99. The van der Waals surface area contributed by atoms with E-state index in [1.165, 1.54) is 17.8 Å². The molecule has 2 atom stereocenters. The largest absolute Gasteiger partial charge is 0.393 e. The monoisotopic (exact) mass is 260 g/mol. The van der Waals surface area contributed by atoms with Crippen LogP contribution in [0.2, 0.25) is 4.34 Å². The molecule has 1 aromatic rings. The molecule has 0 spiro atoms. The molecule has 3 nitrogen and oxygen atoms in total. The van der Waals surface area contributed by atoms with Gasteiger partial charge in [-0.3, -0.25) is 0 Å². The van der Waals surface area contributed by atoms with Crippen molar-refractivity contribution in [1.29, 1.82) is 0 Å². The molecule has 90 valence electrons. The highest BCUT2D eigenvalue weighted by molar-refractivity contribution is 7.15. The number of hydrogen-bond donors (Lipinski definition) is 2. The lowest BCUT2D eigenvalue weighted by molar-refractivity contribution is 0.101. The van der Waals surface area contributed by atoms with E-state index in [0.29, 0.717) is 5.92 Å². The van der Waals surface area contributed by atoms with Crippen molar-refractivity contribution in [1.82, 2.24) is 10.3 Å². The normalized spacial score (nSPS) is 25.9. The summed E-state index contributed by atoms with van der Waals surface area (Å²) in [5, 5.41) is 14.0. The number of nitrogens with one attached hydrogen (secondary N) is 1. The summed E-state index contributed by atoms with van der Waals surface area (Å²) in [6.45, 7) is 1.75. The summed E-state index contributed by atoms with van der Waals surface area (Å²) in [4.78, 5) is 4.19. The van der Waals surface area contributed by atoms with Crippen molar-refractivity contribution in [2.24, 2.45) is 5.92 Å². The lowest BCUT2D eigenvalue weighted by Crippen LogP contribution is -2.28. The summed E-state index contributed by atoms with van der Waals surface area (Å²) < 4.78 is 0.741. The zero-order valence-electron chi connectivity index (χ0n) is 9.16. The van der Waals surface area contributed by atoms with Crippen molar-refractivity contribution in [3.8, 4) is 0 Å². The van der Waals surface area contributed by atoms with E-state index in [4.69, 9.17) is 11.6 Å². The van der Waals surface area contributed by atoms with Gasteiger partial charge < -0.3 is 10.4 Å². The Kier molecular flexibility index (Phi) is 4.58. The molecular formula is C11H17ClN2OS. The van der Waals surface area contributed by atoms with Gasteiger partial charge in [0.2, 0.25) is 0 Å². The maximum Gasteiger partial charge on any atom is 0.113 e. The van der Waals surface area contributed by atoms with Crippen LogP contribution in [0.15, 0.2) is 6.20 Å². The molecule has 1 heterocycles. The first kappa shape index (κ1) is 12.3. The first-order valence-electron chi connectivity index (χ1n) is 5.73. The van der Waals surface area contributed by atoms with Crippen LogP contribution in [0.25, 0.3) is 0 Å². The molecule has 0 amide bonds. The molecule has 0 aromatic carbocycles. The Morgan fingerprint density at radius 3 is 3.12 bits per heavy atom. The molecule has 2 unspecified atom stereocenters. The highest BCUT2D eigenvalue weighted by atomic mass is 35.5. The van der Waals surface area contributed by atoms with E-state index in [2.05, 4.69) is 10.3 Å². The van der Waals surface area contributed by atoms with E-state index in [-0.39, 0.29) is 6.10 Å². The zero-order chi connectivity index (χ0) is 11.4. The van der Waals surface area contributed by atoms with Gasteiger partial charge in [0.1, 0.15) is 9.34 Å². The second-order valence-corrected chi connectivity index (χ2v) is 6.12. The van der Waals surface area contributed by atoms with Gasteiger partial charge in [0.25, 0.3) is 0 Å². The number of thiazole rings is 1. The molecule has 16 heavy (non-hydrogen) atoms. The van der Waals surface area contributed by atoms with Crippen LogP contribution >= 0.6 is 22.9 Å². The Morgan fingerprint density at radius 1 is 1.56 bits per heavy atom. The SMILES string of the molecule is OC1CCCC(CNCc2ncc(Cl)s2)C1. The second kappa shape index (κ2) is 5.96. The van der Waals surface area contributed by atoms with Gasteiger partial charge in [-0.25, -0.2) is 4.98 Å². The fourth-order valence-electron chi connectivity index (χ4n) is 2.20. The number of aliphatic hydroxyl groups excluding tert-OH is 1. The summed E-state index contributed by atoms with van der Waals surface area (Å²) in [6.07, 6.45) is 5.88. The minimum absolute atomic E-state index is 0.0881. The number of aliphatic hydroxyl groups is 1. The minimum Gasteiger partial charge on any atom is -0.393 e. The van der Waals surface area contributed by atoms with Crippen LogP contribution in [0.4, 0.5) is 0 Å². The first-order valence-corrected chi connectivity index (χ1v) is 6.92. The Balaban J connectivity index is 1.67. The molecule has 0 saturated heterocycles. The van der Waals surface area contributed by atoms with Crippen molar-refractivity contribution < 1.29 is 5.11 Å². The van der Waals surface area contributed by atoms with Crippen LogP contribution in [0.1, 0.15) is 30.7 Å². The molecule has 1 aliphatic rings. The van der Waals surface area contributed by atoms with Gasteiger partial charge in [0.05, 0.1) is 12.3 Å². The molecule has 5 heteroatoms. The van der Waals surface area contributed by atoms with E-state index in [1.54, 1.807) is 6.20 Å². The smallest absolute Gasteiger partial charge is 0.113 e. The van der Waals surface area contributed by atoms with Crippen molar-refractivity contribution >= 4 is 22.9 Å². The minimum atomic E-state index is -0.0881. The van der Waals surface area contributed by atoms with Gasteiger partial charge in [-0.2, -0.15) is 0 Å². The van der Waals surface area contributed by atoms with Gasteiger partial charge in [-0.1, -0.05) is 18.0 Å². The van der Waals surface area contributed by atoms with Gasteiger partial charge in [0, 0.05) is 6.54 Å². The van der Waals surface area contributed by atoms with Crippen LogP contribution in [-0.4, -0.2) is 22.7 Å². The second-order valence-electron chi connectivity index (χ2n) is 4.38. The predicted molar refractivity (Wildman–Crippen MR) is 66.8 cm³/mol. The lowest BCUT2D eigenvalue weighted by Gasteiger charge is -2.25. The maximum atomic E-state index is 9.54. The van der Waals surface area contributed by atoms with E-state index in [1.807, 2.05) is 0 Å². The molecule has 1 aliphatic carbocycles. The number of nitrogens with zero attached hydrogens (tertiary/aromatic N) is 1.